The molecule has 2 aromatic heterocycles. The normalized spacial score (nSPS) is 13.1. The van der Waals surface area contributed by atoms with Gasteiger partial charge in [-0.05, 0) is 26.5 Å². The maximum Gasteiger partial charge on any atom is 0.230 e. The molecule has 0 aliphatic heterocycles. The Morgan fingerprint density at radius 3 is 2.78 bits per heavy atom. The van der Waals surface area contributed by atoms with Gasteiger partial charge in [-0.1, -0.05) is 41.2 Å². The summed E-state index contributed by atoms with van der Waals surface area (Å²) in [4.78, 5) is 7.81. The van der Waals surface area contributed by atoms with Gasteiger partial charge in [0.05, 0.1) is 17.5 Å². The second-order valence-corrected chi connectivity index (χ2v) is 6.67. The first-order valence-electron chi connectivity index (χ1n) is 7.44. The van der Waals surface area contributed by atoms with Gasteiger partial charge in [-0.25, -0.2) is 4.98 Å². The number of rotatable bonds is 5. The van der Waals surface area contributed by atoms with Crippen LogP contribution < -0.4 is 0 Å². The SMILES string of the molecule is Cc1cccc(C(c2sc3nc(C)nn3c2O)N(C)CCO)c1. The van der Waals surface area contributed by atoms with E-state index in [4.69, 9.17) is 0 Å². The molecule has 0 saturated carbocycles. The number of aliphatic hydroxyl groups is 1. The Kier molecular flexibility index (Phi) is 4.34. The van der Waals surface area contributed by atoms with Crippen LogP contribution in [0, 0.1) is 13.8 Å². The highest BCUT2D eigenvalue weighted by Gasteiger charge is 2.27. The van der Waals surface area contributed by atoms with Crippen molar-refractivity contribution in [2.24, 2.45) is 0 Å². The van der Waals surface area contributed by atoms with E-state index in [9.17, 15) is 10.2 Å². The van der Waals surface area contributed by atoms with E-state index in [0.29, 0.717) is 17.3 Å². The van der Waals surface area contributed by atoms with Crippen LogP contribution in [-0.2, 0) is 0 Å². The van der Waals surface area contributed by atoms with Crippen LogP contribution in [0.2, 0.25) is 0 Å². The van der Waals surface area contributed by atoms with Crippen LogP contribution in [0.3, 0.4) is 0 Å². The van der Waals surface area contributed by atoms with Gasteiger partial charge >= 0.3 is 0 Å². The fourth-order valence-corrected chi connectivity index (χ4v) is 3.95. The molecule has 0 radical (unpaired) electrons. The second kappa shape index (κ2) is 6.27. The number of aryl methyl sites for hydroxylation is 2. The molecule has 1 unspecified atom stereocenters. The summed E-state index contributed by atoms with van der Waals surface area (Å²) in [7, 11) is 1.93. The Balaban J connectivity index is 2.13. The predicted molar refractivity (Wildman–Crippen MR) is 90.0 cm³/mol. The largest absolute Gasteiger partial charge is 0.492 e. The third-order valence-electron chi connectivity index (χ3n) is 3.81. The number of aromatic nitrogens is 3. The van der Waals surface area contributed by atoms with Gasteiger partial charge in [-0.15, -0.1) is 5.10 Å². The van der Waals surface area contributed by atoms with Crippen molar-refractivity contribution >= 4 is 16.3 Å². The van der Waals surface area contributed by atoms with E-state index in [2.05, 4.69) is 16.1 Å². The lowest BCUT2D eigenvalue weighted by Gasteiger charge is -2.27. The number of fused-ring (bicyclic) bond motifs is 1. The molecule has 1 atom stereocenters. The Morgan fingerprint density at radius 2 is 2.13 bits per heavy atom. The molecule has 0 aliphatic rings. The molecule has 0 saturated heterocycles. The molecule has 122 valence electrons. The highest BCUT2D eigenvalue weighted by Crippen LogP contribution is 2.39. The van der Waals surface area contributed by atoms with Crippen LogP contribution in [0.4, 0.5) is 0 Å². The van der Waals surface area contributed by atoms with Crippen molar-refractivity contribution in [2.45, 2.75) is 19.9 Å². The van der Waals surface area contributed by atoms with Gasteiger partial charge in [-0.2, -0.15) is 4.52 Å². The van der Waals surface area contributed by atoms with E-state index < -0.39 is 0 Å². The maximum absolute atomic E-state index is 10.6. The number of thiazole rings is 1. The first-order valence-corrected chi connectivity index (χ1v) is 8.25. The van der Waals surface area contributed by atoms with Crippen LogP contribution in [0.5, 0.6) is 5.88 Å². The lowest BCUT2D eigenvalue weighted by molar-refractivity contribution is 0.196. The lowest BCUT2D eigenvalue weighted by atomic mass is 10.0. The Labute approximate surface area is 138 Å². The Hall–Kier alpha value is -1.96. The molecular formula is C16H20N4O2S. The van der Waals surface area contributed by atoms with Gasteiger partial charge in [0.25, 0.3) is 0 Å². The number of nitrogens with zero attached hydrogens (tertiary/aromatic N) is 4. The summed E-state index contributed by atoms with van der Waals surface area (Å²) < 4.78 is 1.48. The summed E-state index contributed by atoms with van der Waals surface area (Å²) in [5.74, 6) is 0.746. The minimum atomic E-state index is -0.157. The van der Waals surface area contributed by atoms with Gasteiger partial charge in [0.2, 0.25) is 10.8 Å². The lowest BCUT2D eigenvalue weighted by Crippen LogP contribution is -2.28. The summed E-state index contributed by atoms with van der Waals surface area (Å²) in [6, 6.07) is 8.02. The molecule has 0 spiro atoms. The van der Waals surface area contributed by atoms with Crippen LogP contribution in [-0.4, -0.2) is 49.9 Å². The molecule has 3 rings (SSSR count). The van der Waals surface area contributed by atoms with E-state index in [0.717, 1.165) is 16.0 Å². The first kappa shape index (κ1) is 15.9. The summed E-state index contributed by atoms with van der Waals surface area (Å²) in [6.45, 7) is 4.40. The van der Waals surface area contributed by atoms with Gasteiger partial charge in [0.15, 0.2) is 0 Å². The minimum absolute atomic E-state index is 0.0550. The molecule has 3 aromatic rings. The molecule has 23 heavy (non-hydrogen) atoms. The monoisotopic (exact) mass is 332 g/mol. The quantitative estimate of drug-likeness (QED) is 0.749. The summed E-state index contributed by atoms with van der Waals surface area (Å²) >= 11 is 1.42. The van der Waals surface area contributed by atoms with E-state index in [1.807, 2.05) is 37.1 Å². The van der Waals surface area contributed by atoms with Gasteiger partial charge in [0, 0.05) is 6.54 Å². The van der Waals surface area contributed by atoms with Crippen LogP contribution in [0.25, 0.3) is 4.96 Å². The Bertz CT molecular complexity index is 827. The predicted octanol–water partition coefficient (Wildman–Crippen LogP) is 2.13. The fourth-order valence-electron chi connectivity index (χ4n) is 2.76. The van der Waals surface area contributed by atoms with E-state index in [-0.39, 0.29) is 18.5 Å². The highest BCUT2D eigenvalue weighted by molar-refractivity contribution is 7.17. The molecule has 0 aliphatic carbocycles. The van der Waals surface area contributed by atoms with Crippen LogP contribution in [0.1, 0.15) is 27.9 Å². The van der Waals surface area contributed by atoms with Crippen molar-refractivity contribution in [1.82, 2.24) is 19.5 Å². The summed E-state index contributed by atoms with van der Waals surface area (Å²) in [5.41, 5.74) is 2.22. The maximum atomic E-state index is 10.6. The third-order valence-corrected chi connectivity index (χ3v) is 4.88. The molecule has 6 nitrogen and oxygen atoms in total. The van der Waals surface area contributed by atoms with Gasteiger partial charge in [0.1, 0.15) is 5.82 Å². The van der Waals surface area contributed by atoms with Crippen molar-refractivity contribution < 1.29 is 10.2 Å². The molecule has 2 N–H and O–H groups in total. The molecule has 1 aromatic carbocycles. The first-order chi connectivity index (χ1) is 11.0. The molecule has 0 amide bonds. The number of aromatic hydroxyl groups is 1. The van der Waals surface area contributed by atoms with Crippen molar-refractivity contribution in [1.29, 1.82) is 0 Å². The Morgan fingerprint density at radius 1 is 1.35 bits per heavy atom. The van der Waals surface area contributed by atoms with Gasteiger partial charge in [-0.3, -0.25) is 4.90 Å². The summed E-state index contributed by atoms with van der Waals surface area (Å²) in [5, 5.41) is 24.1. The topological polar surface area (TPSA) is 73.9 Å². The number of likely N-dealkylation sites (N-methyl/N-ethyl adjacent to an activating group) is 1. The fraction of sp³-hybridized carbons (Fsp3) is 0.375. The molecular weight excluding hydrogens is 312 g/mol. The zero-order valence-corrected chi connectivity index (χ0v) is 14.2. The van der Waals surface area contributed by atoms with Crippen molar-refractivity contribution in [2.75, 3.05) is 20.2 Å². The summed E-state index contributed by atoms with van der Waals surface area (Å²) in [6.07, 6.45) is 0. The number of hydrogen-bond acceptors (Lipinski definition) is 6. The van der Waals surface area contributed by atoms with Gasteiger partial charge < -0.3 is 10.2 Å². The van der Waals surface area contributed by atoms with Crippen molar-refractivity contribution in [3.05, 3.63) is 46.1 Å². The van der Waals surface area contributed by atoms with Crippen LogP contribution >= 0.6 is 11.3 Å². The molecule has 2 heterocycles. The van der Waals surface area contributed by atoms with E-state index in [1.54, 1.807) is 6.92 Å². The van der Waals surface area contributed by atoms with E-state index >= 15 is 0 Å². The molecule has 0 bridgehead atoms. The minimum Gasteiger partial charge on any atom is -0.492 e. The smallest absolute Gasteiger partial charge is 0.230 e. The third kappa shape index (κ3) is 2.95. The zero-order valence-electron chi connectivity index (χ0n) is 13.4. The van der Waals surface area contributed by atoms with Crippen LogP contribution in [0.15, 0.2) is 24.3 Å². The zero-order chi connectivity index (χ0) is 16.6. The number of aliphatic hydroxyl groups excluding tert-OH is 1. The average Bonchev–Trinajstić information content (AvgIpc) is 2.99. The van der Waals surface area contributed by atoms with Crippen molar-refractivity contribution in [3.8, 4) is 5.88 Å². The average molecular weight is 332 g/mol. The standard InChI is InChI=1S/C16H20N4O2S/c1-10-5-4-6-12(9-10)13(19(3)7-8-21)14-15(22)20-16(23-14)17-11(2)18-20/h4-6,9,13,21-22H,7-8H2,1-3H3. The number of benzene rings is 1. The van der Waals surface area contributed by atoms with Crippen molar-refractivity contribution in [3.63, 3.8) is 0 Å². The molecule has 0 fully saturated rings. The van der Waals surface area contributed by atoms with E-state index in [1.165, 1.54) is 15.9 Å². The molecule has 7 heteroatoms. The highest BCUT2D eigenvalue weighted by atomic mass is 32.1. The number of hydrogen-bond donors (Lipinski definition) is 2. The second-order valence-electron chi connectivity index (χ2n) is 5.66.